The van der Waals surface area contributed by atoms with Crippen molar-refractivity contribution >= 4 is 52.7 Å². The summed E-state index contributed by atoms with van der Waals surface area (Å²) in [4.78, 5) is 51.2. The third-order valence-electron chi connectivity index (χ3n) is 6.33. The molecule has 1 saturated heterocycles. The molecule has 1 heterocycles. The van der Waals surface area contributed by atoms with Crippen LogP contribution in [-0.2, 0) is 16.0 Å². The Hall–Kier alpha value is -3.10. The van der Waals surface area contributed by atoms with Crippen LogP contribution in [0.3, 0.4) is 0 Å². The van der Waals surface area contributed by atoms with Crippen molar-refractivity contribution in [3.63, 3.8) is 0 Å². The molecule has 34 heavy (non-hydrogen) atoms. The van der Waals surface area contributed by atoms with Crippen molar-refractivity contribution in [2.45, 2.75) is 50.1 Å². The number of carbonyl (C=O) groups excluding carboxylic acids is 3. The maximum atomic E-state index is 13.1. The normalized spacial score (nSPS) is 18.0. The Labute approximate surface area is 206 Å². The van der Waals surface area contributed by atoms with Gasteiger partial charge in [0.05, 0.1) is 15.6 Å². The molecule has 1 unspecified atom stereocenters. The van der Waals surface area contributed by atoms with E-state index in [-0.39, 0.29) is 22.0 Å². The van der Waals surface area contributed by atoms with Gasteiger partial charge in [0.1, 0.15) is 11.6 Å². The molecule has 178 valence electrons. The number of anilines is 1. The highest BCUT2D eigenvalue weighted by atomic mass is 35.5. The summed E-state index contributed by atoms with van der Waals surface area (Å²) in [5.41, 5.74) is 0.201. The van der Waals surface area contributed by atoms with Crippen LogP contribution >= 0.6 is 23.2 Å². The van der Waals surface area contributed by atoms with Crippen molar-refractivity contribution in [2.24, 2.45) is 0 Å². The van der Waals surface area contributed by atoms with Crippen LogP contribution in [0.4, 0.5) is 10.5 Å². The summed E-state index contributed by atoms with van der Waals surface area (Å²) >= 11 is 12.2. The number of hydrogen-bond acceptors (Lipinski definition) is 4. The van der Waals surface area contributed by atoms with Crippen molar-refractivity contribution in [3.8, 4) is 0 Å². The fraction of sp³-hybridized carbons (Fsp3) is 0.333. The Morgan fingerprint density at radius 3 is 2.24 bits per heavy atom. The van der Waals surface area contributed by atoms with Gasteiger partial charge in [-0.3, -0.25) is 9.59 Å². The van der Waals surface area contributed by atoms with E-state index in [9.17, 15) is 24.3 Å². The van der Waals surface area contributed by atoms with Gasteiger partial charge in [0.25, 0.3) is 11.8 Å². The van der Waals surface area contributed by atoms with Crippen LogP contribution in [0.2, 0.25) is 10.0 Å². The maximum Gasteiger partial charge on any atom is 0.327 e. The maximum absolute atomic E-state index is 13.1. The Morgan fingerprint density at radius 1 is 1.03 bits per heavy atom. The van der Waals surface area contributed by atoms with Crippen LogP contribution in [0, 0.1) is 0 Å². The number of carboxylic acid groups (broad SMARTS) is 1. The van der Waals surface area contributed by atoms with E-state index in [0.29, 0.717) is 24.1 Å². The third kappa shape index (κ3) is 4.60. The van der Waals surface area contributed by atoms with Crippen LogP contribution in [0.25, 0.3) is 0 Å². The van der Waals surface area contributed by atoms with Crippen LogP contribution in [0.5, 0.6) is 0 Å². The summed E-state index contributed by atoms with van der Waals surface area (Å²) in [6.45, 7) is 0. The number of rotatable bonds is 6. The van der Waals surface area contributed by atoms with Gasteiger partial charge in [-0.2, -0.15) is 0 Å². The molecule has 0 radical (unpaired) electrons. The summed E-state index contributed by atoms with van der Waals surface area (Å²) < 4.78 is 0. The van der Waals surface area contributed by atoms with Gasteiger partial charge in [0, 0.05) is 12.1 Å². The van der Waals surface area contributed by atoms with Crippen LogP contribution in [0.15, 0.2) is 42.5 Å². The van der Waals surface area contributed by atoms with Crippen LogP contribution < -0.4 is 10.6 Å². The number of carbonyl (C=O) groups is 4. The van der Waals surface area contributed by atoms with Gasteiger partial charge in [-0.25, -0.2) is 14.5 Å². The number of nitrogens with one attached hydrogen (secondary N) is 2. The van der Waals surface area contributed by atoms with Crippen LogP contribution in [-0.4, -0.2) is 45.4 Å². The minimum absolute atomic E-state index is 0.0604. The number of amides is 4. The fourth-order valence-corrected chi connectivity index (χ4v) is 5.13. The summed E-state index contributed by atoms with van der Waals surface area (Å²) in [7, 11) is 0. The molecule has 1 aliphatic carbocycles. The predicted molar refractivity (Wildman–Crippen MR) is 127 cm³/mol. The van der Waals surface area contributed by atoms with Gasteiger partial charge in [0.2, 0.25) is 0 Å². The third-order valence-corrected chi connectivity index (χ3v) is 6.96. The molecule has 1 spiro atoms. The monoisotopic (exact) mass is 503 g/mol. The molecule has 2 aromatic carbocycles. The highest BCUT2D eigenvalue weighted by Gasteiger charge is 2.54. The standard InChI is InChI=1S/C24H23Cl2N3O5/c25-16-5-4-6-17(26)19(16)20(30)27-15-9-7-14(8-10-15)13-18(21(31)32)29-22(33)24(28-23(29)34)11-2-1-3-12-24/h4-10,18H,1-3,11-13H2,(H,27,30)(H,28,34)(H,31,32). The molecule has 0 bridgehead atoms. The molecule has 4 amide bonds. The first-order chi connectivity index (χ1) is 16.2. The Kier molecular flexibility index (Phi) is 6.81. The Bertz CT molecular complexity index is 1130. The second kappa shape index (κ2) is 9.64. The summed E-state index contributed by atoms with van der Waals surface area (Å²) in [6.07, 6.45) is 3.58. The molecule has 2 aliphatic rings. The van der Waals surface area contributed by atoms with Gasteiger partial charge >= 0.3 is 12.0 Å². The Morgan fingerprint density at radius 2 is 1.65 bits per heavy atom. The number of nitrogens with zero attached hydrogens (tertiary/aromatic N) is 1. The molecule has 0 aromatic heterocycles. The second-order valence-corrected chi connectivity index (χ2v) is 9.37. The van der Waals surface area contributed by atoms with Gasteiger partial charge < -0.3 is 15.7 Å². The van der Waals surface area contributed by atoms with Gasteiger partial charge in [0.15, 0.2) is 0 Å². The summed E-state index contributed by atoms with van der Waals surface area (Å²) in [5.74, 6) is -2.21. The summed E-state index contributed by atoms with van der Waals surface area (Å²) in [6, 6.07) is 9.22. The molecule has 1 atom stereocenters. The van der Waals surface area contributed by atoms with E-state index in [4.69, 9.17) is 23.2 Å². The minimum Gasteiger partial charge on any atom is -0.480 e. The molecule has 3 N–H and O–H groups in total. The molecule has 1 aliphatic heterocycles. The topological polar surface area (TPSA) is 116 Å². The van der Waals surface area contributed by atoms with E-state index < -0.39 is 35.4 Å². The van der Waals surface area contributed by atoms with E-state index in [1.165, 1.54) is 0 Å². The summed E-state index contributed by atoms with van der Waals surface area (Å²) in [5, 5.41) is 15.7. The number of halogens is 2. The fourth-order valence-electron chi connectivity index (χ4n) is 4.56. The average molecular weight is 504 g/mol. The van der Waals surface area contributed by atoms with Crippen molar-refractivity contribution in [2.75, 3.05) is 5.32 Å². The SMILES string of the molecule is O=C(Nc1ccc(CC(C(=O)O)N2C(=O)NC3(CCCCC3)C2=O)cc1)c1c(Cl)cccc1Cl. The van der Waals surface area contributed by atoms with E-state index >= 15 is 0 Å². The van der Waals surface area contributed by atoms with Crippen molar-refractivity contribution in [1.29, 1.82) is 0 Å². The largest absolute Gasteiger partial charge is 0.480 e. The lowest BCUT2D eigenvalue weighted by molar-refractivity contribution is -0.148. The molecule has 8 nitrogen and oxygen atoms in total. The predicted octanol–water partition coefficient (Wildman–Crippen LogP) is 4.50. The zero-order valence-electron chi connectivity index (χ0n) is 18.1. The molecule has 4 rings (SSSR count). The molecular formula is C24H23Cl2N3O5. The molecule has 2 aromatic rings. The van der Waals surface area contributed by atoms with E-state index in [1.807, 2.05) is 0 Å². The lowest BCUT2D eigenvalue weighted by atomic mass is 9.81. The average Bonchev–Trinajstić information content (AvgIpc) is 3.02. The van der Waals surface area contributed by atoms with E-state index in [0.717, 1.165) is 24.2 Å². The molecule has 10 heteroatoms. The number of aliphatic carboxylic acids is 1. The number of carboxylic acids is 1. The van der Waals surface area contributed by atoms with Crippen molar-refractivity contribution in [3.05, 3.63) is 63.6 Å². The number of hydrogen-bond donors (Lipinski definition) is 3. The number of urea groups is 1. The zero-order chi connectivity index (χ0) is 24.5. The Balaban J connectivity index is 1.48. The second-order valence-electron chi connectivity index (χ2n) is 8.55. The first kappa shape index (κ1) is 24.0. The van der Waals surface area contributed by atoms with E-state index in [2.05, 4.69) is 10.6 Å². The first-order valence-electron chi connectivity index (χ1n) is 10.9. The lowest BCUT2D eigenvalue weighted by Gasteiger charge is -2.31. The minimum atomic E-state index is -1.34. The van der Waals surface area contributed by atoms with Gasteiger partial charge in [-0.1, -0.05) is 60.7 Å². The highest BCUT2D eigenvalue weighted by molar-refractivity contribution is 6.40. The van der Waals surface area contributed by atoms with Gasteiger partial charge in [-0.05, 0) is 42.7 Å². The zero-order valence-corrected chi connectivity index (χ0v) is 19.7. The number of benzene rings is 2. The highest BCUT2D eigenvalue weighted by Crippen LogP contribution is 2.35. The lowest BCUT2D eigenvalue weighted by Crippen LogP contribution is -2.50. The van der Waals surface area contributed by atoms with Crippen molar-refractivity contribution in [1.82, 2.24) is 10.2 Å². The smallest absolute Gasteiger partial charge is 0.327 e. The van der Waals surface area contributed by atoms with Crippen LogP contribution in [0.1, 0.15) is 48.0 Å². The van der Waals surface area contributed by atoms with Crippen molar-refractivity contribution < 1.29 is 24.3 Å². The first-order valence-corrected chi connectivity index (χ1v) is 11.7. The molecule has 1 saturated carbocycles. The van der Waals surface area contributed by atoms with Gasteiger partial charge in [-0.15, -0.1) is 0 Å². The quantitative estimate of drug-likeness (QED) is 0.502. The molecule has 2 fully saturated rings. The van der Waals surface area contributed by atoms with E-state index in [1.54, 1.807) is 42.5 Å². The number of imide groups is 1. The molecular weight excluding hydrogens is 481 g/mol.